The third kappa shape index (κ3) is 4.84. The van der Waals surface area contributed by atoms with Gasteiger partial charge in [0.2, 0.25) is 0 Å². The van der Waals surface area contributed by atoms with E-state index < -0.39 is 35.2 Å². The lowest BCUT2D eigenvalue weighted by Gasteiger charge is -2.16. The van der Waals surface area contributed by atoms with Crippen molar-refractivity contribution in [2.75, 3.05) is 0 Å². The molecule has 0 saturated heterocycles. The van der Waals surface area contributed by atoms with E-state index in [0.29, 0.717) is 11.1 Å². The third-order valence-corrected chi connectivity index (χ3v) is 4.72. The first-order valence-electron chi connectivity index (χ1n) is 8.62. The van der Waals surface area contributed by atoms with Crippen LogP contribution in [0.1, 0.15) is 28.5 Å². The molecule has 0 aliphatic rings. The Morgan fingerprint density at radius 1 is 1.17 bits per heavy atom. The first kappa shape index (κ1) is 21.0. The number of carbonyl (C=O) groups excluding carboxylic acids is 1. The van der Waals surface area contributed by atoms with Gasteiger partial charge in [0.1, 0.15) is 11.5 Å². The largest absolute Gasteiger partial charge is 0.434 e. The van der Waals surface area contributed by atoms with Crippen LogP contribution in [0.2, 0.25) is 0 Å². The standard InChI is InChI=1S/C20H16BrF4N3O/c1-12(10-13-6-8-14(21)9-7-13)27-19(29)15-11-26-28(18(15)20(23,24)25)17-5-3-2-4-16(17)22/h2-9,11-12H,10H2,1H3,(H,27,29). The number of para-hydroxylation sites is 1. The third-order valence-electron chi connectivity index (χ3n) is 4.20. The van der Waals surface area contributed by atoms with Crippen LogP contribution in [0.4, 0.5) is 17.6 Å². The molecule has 1 heterocycles. The molecular formula is C20H16BrF4N3O. The van der Waals surface area contributed by atoms with Crippen molar-refractivity contribution in [2.24, 2.45) is 0 Å². The van der Waals surface area contributed by atoms with Crippen molar-refractivity contribution < 1.29 is 22.4 Å². The Balaban J connectivity index is 1.87. The zero-order chi connectivity index (χ0) is 21.2. The Labute approximate surface area is 172 Å². The number of amides is 1. The van der Waals surface area contributed by atoms with Crippen molar-refractivity contribution in [1.82, 2.24) is 15.1 Å². The second-order valence-corrected chi connectivity index (χ2v) is 7.39. The molecule has 0 radical (unpaired) electrons. The van der Waals surface area contributed by atoms with Gasteiger partial charge in [-0.1, -0.05) is 40.2 Å². The Kier molecular flexibility index (Phi) is 6.07. The number of carbonyl (C=O) groups is 1. The maximum Gasteiger partial charge on any atom is 0.434 e. The molecule has 29 heavy (non-hydrogen) atoms. The molecule has 1 atom stereocenters. The molecule has 152 valence electrons. The number of alkyl halides is 3. The second kappa shape index (κ2) is 8.36. The molecule has 1 unspecified atom stereocenters. The van der Waals surface area contributed by atoms with Crippen molar-refractivity contribution >= 4 is 21.8 Å². The summed E-state index contributed by atoms with van der Waals surface area (Å²) in [7, 11) is 0. The normalized spacial score (nSPS) is 12.6. The molecule has 1 aromatic heterocycles. The van der Waals surface area contributed by atoms with E-state index >= 15 is 0 Å². The van der Waals surface area contributed by atoms with Crippen LogP contribution in [-0.2, 0) is 12.6 Å². The van der Waals surface area contributed by atoms with Gasteiger partial charge in [0.15, 0.2) is 5.69 Å². The van der Waals surface area contributed by atoms with Crippen molar-refractivity contribution in [3.05, 3.63) is 81.8 Å². The first-order valence-corrected chi connectivity index (χ1v) is 9.41. The smallest absolute Gasteiger partial charge is 0.349 e. The fraction of sp³-hybridized carbons (Fsp3) is 0.200. The van der Waals surface area contributed by atoms with E-state index in [2.05, 4.69) is 26.3 Å². The number of hydrogen-bond donors (Lipinski definition) is 1. The minimum absolute atomic E-state index is 0.387. The van der Waals surface area contributed by atoms with E-state index in [9.17, 15) is 22.4 Å². The van der Waals surface area contributed by atoms with E-state index in [1.807, 2.05) is 24.3 Å². The molecule has 0 bridgehead atoms. The van der Waals surface area contributed by atoms with Gasteiger partial charge in [-0.05, 0) is 43.2 Å². The molecule has 0 aliphatic carbocycles. The average Bonchev–Trinajstić information content (AvgIpc) is 3.09. The number of aromatic nitrogens is 2. The van der Waals surface area contributed by atoms with Crippen LogP contribution in [0, 0.1) is 5.82 Å². The van der Waals surface area contributed by atoms with E-state index in [-0.39, 0.29) is 5.69 Å². The lowest BCUT2D eigenvalue weighted by molar-refractivity contribution is -0.143. The topological polar surface area (TPSA) is 46.9 Å². The summed E-state index contributed by atoms with van der Waals surface area (Å²) in [6.45, 7) is 1.69. The predicted molar refractivity (Wildman–Crippen MR) is 103 cm³/mol. The summed E-state index contributed by atoms with van der Waals surface area (Å²) in [4.78, 5) is 12.5. The molecule has 9 heteroatoms. The first-order chi connectivity index (χ1) is 13.7. The van der Waals surface area contributed by atoms with Crippen molar-refractivity contribution in [3.8, 4) is 5.69 Å². The van der Waals surface area contributed by atoms with Crippen molar-refractivity contribution in [2.45, 2.75) is 25.6 Å². The number of benzene rings is 2. The zero-order valence-corrected chi connectivity index (χ0v) is 16.8. The van der Waals surface area contributed by atoms with Gasteiger partial charge in [-0.2, -0.15) is 18.3 Å². The van der Waals surface area contributed by atoms with Crippen LogP contribution in [0.15, 0.2) is 59.2 Å². The maximum atomic E-state index is 14.0. The Morgan fingerprint density at radius 3 is 2.45 bits per heavy atom. The molecular weight excluding hydrogens is 454 g/mol. The Bertz CT molecular complexity index is 1020. The summed E-state index contributed by atoms with van der Waals surface area (Å²) in [5, 5.41) is 6.18. The predicted octanol–water partition coefficient (Wildman–Crippen LogP) is 5.15. The molecule has 0 fully saturated rings. The summed E-state index contributed by atoms with van der Waals surface area (Å²) in [6, 6.07) is 11.9. The number of nitrogens with zero attached hydrogens (tertiary/aromatic N) is 2. The Morgan fingerprint density at radius 2 is 1.83 bits per heavy atom. The lowest BCUT2D eigenvalue weighted by Crippen LogP contribution is -2.35. The Hall–Kier alpha value is -2.68. The zero-order valence-electron chi connectivity index (χ0n) is 15.2. The fourth-order valence-electron chi connectivity index (χ4n) is 2.92. The van der Waals surface area contributed by atoms with E-state index in [4.69, 9.17) is 0 Å². The molecule has 2 aromatic carbocycles. The van der Waals surface area contributed by atoms with Crippen molar-refractivity contribution in [3.63, 3.8) is 0 Å². The van der Waals surface area contributed by atoms with Gasteiger partial charge in [-0.25, -0.2) is 9.07 Å². The SMILES string of the molecule is CC(Cc1ccc(Br)cc1)NC(=O)c1cnn(-c2ccccc2F)c1C(F)(F)F. The number of halogens is 5. The van der Waals surface area contributed by atoms with Gasteiger partial charge in [-0.3, -0.25) is 4.79 Å². The highest BCUT2D eigenvalue weighted by molar-refractivity contribution is 9.10. The van der Waals surface area contributed by atoms with Crippen LogP contribution in [0.3, 0.4) is 0 Å². The summed E-state index contributed by atoms with van der Waals surface area (Å²) >= 11 is 3.32. The van der Waals surface area contributed by atoms with Gasteiger partial charge in [0, 0.05) is 10.5 Å². The van der Waals surface area contributed by atoms with Crippen LogP contribution in [-0.4, -0.2) is 21.7 Å². The fourth-order valence-corrected chi connectivity index (χ4v) is 3.18. The number of rotatable bonds is 5. The monoisotopic (exact) mass is 469 g/mol. The van der Waals surface area contributed by atoms with E-state index in [1.165, 1.54) is 12.1 Å². The van der Waals surface area contributed by atoms with Crippen LogP contribution >= 0.6 is 15.9 Å². The number of nitrogens with one attached hydrogen (secondary N) is 1. The maximum absolute atomic E-state index is 14.0. The molecule has 3 aromatic rings. The number of hydrogen-bond acceptors (Lipinski definition) is 2. The van der Waals surface area contributed by atoms with Gasteiger partial charge < -0.3 is 5.32 Å². The lowest BCUT2D eigenvalue weighted by atomic mass is 10.1. The molecule has 0 saturated carbocycles. The summed E-state index contributed by atoms with van der Waals surface area (Å²) < 4.78 is 56.3. The molecule has 4 nitrogen and oxygen atoms in total. The van der Waals surface area contributed by atoms with E-state index in [1.54, 1.807) is 6.92 Å². The molecule has 0 spiro atoms. The van der Waals surface area contributed by atoms with E-state index in [0.717, 1.165) is 28.4 Å². The van der Waals surface area contributed by atoms with Crippen molar-refractivity contribution in [1.29, 1.82) is 0 Å². The minimum Gasteiger partial charge on any atom is -0.349 e. The molecule has 1 N–H and O–H groups in total. The van der Waals surface area contributed by atoms with Gasteiger partial charge in [0.25, 0.3) is 5.91 Å². The highest BCUT2D eigenvalue weighted by atomic mass is 79.9. The minimum atomic E-state index is -4.90. The van der Waals surface area contributed by atoms with Gasteiger partial charge >= 0.3 is 6.18 Å². The second-order valence-electron chi connectivity index (χ2n) is 6.47. The highest BCUT2D eigenvalue weighted by Crippen LogP contribution is 2.34. The highest BCUT2D eigenvalue weighted by Gasteiger charge is 2.41. The van der Waals surface area contributed by atoms with Crippen LogP contribution < -0.4 is 5.32 Å². The van der Waals surface area contributed by atoms with Crippen LogP contribution in [0.5, 0.6) is 0 Å². The van der Waals surface area contributed by atoms with Gasteiger partial charge in [0.05, 0.1) is 11.8 Å². The van der Waals surface area contributed by atoms with Gasteiger partial charge in [-0.15, -0.1) is 0 Å². The molecule has 3 rings (SSSR count). The average molecular weight is 470 g/mol. The molecule has 1 amide bonds. The molecule has 0 aliphatic heterocycles. The summed E-state index contributed by atoms with van der Waals surface area (Å²) in [6.07, 6.45) is -3.67. The summed E-state index contributed by atoms with van der Waals surface area (Å²) in [5.74, 6) is -1.80. The van der Waals surface area contributed by atoms with Crippen LogP contribution in [0.25, 0.3) is 5.69 Å². The summed E-state index contributed by atoms with van der Waals surface area (Å²) in [5.41, 5.74) is -1.46. The quantitative estimate of drug-likeness (QED) is 0.525.